The van der Waals surface area contributed by atoms with Gasteiger partial charge in [-0.15, -0.1) is 11.3 Å². The largest absolute Gasteiger partial charge is 0.321 e. The Morgan fingerprint density at radius 3 is 2.85 bits per heavy atom. The predicted molar refractivity (Wildman–Crippen MR) is 85.4 cm³/mol. The first-order valence-electron chi connectivity index (χ1n) is 6.51. The van der Waals surface area contributed by atoms with Crippen molar-refractivity contribution in [1.29, 1.82) is 0 Å². The number of hydrogen-bond donors (Lipinski definition) is 1. The van der Waals surface area contributed by atoms with Crippen molar-refractivity contribution in [3.8, 4) is 0 Å². The molecule has 2 nitrogen and oxygen atoms in total. The van der Waals surface area contributed by atoms with E-state index in [9.17, 15) is 4.79 Å². The van der Waals surface area contributed by atoms with E-state index in [0.717, 1.165) is 24.8 Å². The smallest absolute Gasteiger partial charge is 0.256 e. The molecule has 1 N–H and O–H groups in total. The second-order valence-corrected chi connectivity index (χ2v) is 6.56. The summed E-state index contributed by atoms with van der Waals surface area (Å²) in [7, 11) is 0. The maximum Gasteiger partial charge on any atom is 0.256 e. The van der Waals surface area contributed by atoms with Crippen molar-refractivity contribution in [2.24, 2.45) is 0 Å². The molecule has 2 aromatic rings. The summed E-state index contributed by atoms with van der Waals surface area (Å²) in [5.74, 6) is -0.103. The Kier molecular flexibility index (Phi) is 4.01. The van der Waals surface area contributed by atoms with Gasteiger partial charge in [-0.25, -0.2) is 0 Å². The first kappa shape index (κ1) is 13.9. The Balaban J connectivity index is 1.86. The van der Waals surface area contributed by atoms with Crippen LogP contribution in [-0.2, 0) is 12.8 Å². The van der Waals surface area contributed by atoms with Gasteiger partial charge in [-0.1, -0.05) is 29.3 Å². The molecular weight excluding hydrogens is 313 g/mol. The van der Waals surface area contributed by atoms with E-state index in [0.29, 0.717) is 15.7 Å². The summed E-state index contributed by atoms with van der Waals surface area (Å²) in [5, 5.41) is 5.63. The molecule has 1 heterocycles. The van der Waals surface area contributed by atoms with Crippen LogP contribution in [0.4, 0.5) is 5.69 Å². The highest BCUT2D eigenvalue weighted by Crippen LogP contribution is 2.33. The molecule has 0 bridgehead atoms. The van der Waals surface area contributed by atoms with Crippen molar-refractivity contribution in [1.82, 2.24) is 0 Å². The Morgan fingerprint density at radius 1 is 1.20 bits per heavy atom. The van der Waals surface area contributed by atoms with Gasteiger partial charge in [0, 0.05) is 10.3 Å². The Morgan fingerprint density at radius 2 is 2.00 bits per heavy atom. The summed E-state index contributed by atoms with van der Waals surface area (Å²) in [6.45, 7) is 0. The number of carbonyl (C=O) groups is 1. The molecule has 0 radical (unpaired) electrons. The lowest BCUT2D eigenvalue weighted by Gasteiger charge is -2.13. The molecule has 5 heteroatoms. The molecular formula is C15H13Cl2NOS. The molecule has 104 valence electrons. The Bertz CT molecular complexity index is 666. The van der Waals surface area contributed by atoms with E-state index in [1.54, 1.807) is 29.5 Å². The molecule has 0 spiro atoms. The molecule has 1 aromatic heterocycles. The topological polar surface area (TPSA) is 29.1 Å². The molecule has 3 rings (SSSR count). The van der Waals surface area contributed by atoms with Crippen LogP contribution in [0.3, 0.4) is 0 Å². The predicted octanol–water partition coefficient (Wildman–Crippen LogP) is 5.19. The number of carbonyl (C=O) groups excluding carboxylic acids is 1. The molecule has 1 aromatic carbocycles. The first-order valence-corrected chi connectivity index (χ1v) is 8.15. The fourth-order valence-corrected chi connectivity index (χ4v) is 3.95. The van der Waals surface area contributed by atoms with Crippen LogP contribution in [0, 0.1) is 0 Å². The minimum atomic E-state index is -0.103. The van der Waals surface area contributed by atoms with Crippen LogP contribution < -0.4 is 5.32 Å². The zero-order valence-corrected chi connectivity index (χ0v) is 13.0. The van der Waals surface area contributed by atoms with Gasteiger partial charge in [-0.2, -0.15) is 0 Å². The van der Waals surface area contributed by atoms with Crippen molar-refractivity contribution < 1.29 is 4.79 Å². The molecule has 0 unspecified atom stereocenters. The number of fused-ring (bicyclic) bond motifs is 1. The van der Waals surface area contributed by atoms with Gasteiger partial charge in [-0.05, 0) is 43.4 Å². The van der Waals surface area contributed by atoms with E-state index in [-0.39, 0.29) is 5.91 Å². The van der Waals surface area contributed by atoms with Crippen LogP contribution >= 0.6 is 34.5 Å². The third kappa shape index (κ3) is 2.58. The standard InChI is InChI=1S/C15H13Cl2NOS/c16-11-5-3-6-12(14(11)17)18-15(19)10-8-20-13-7-2-1-4-9(10)13/h3,5-6,8H,1-2,4,7H2,(H,18,19). The van der Waals surface area contributed by atoms with Gasteiger partial charge < -0.3 is 5.32 Å². The Labute approximate surface area is 131 Å². The molecule has 20 heavy (non-hydrogen) atoms. The summed E-state index contributed by atoms with van der Waals surface area (Å²) in [6.07, 6.45) is 4.45. The summed E-state index contributed by atoms with van der Waals surface area (Å²) in [6, 6.07) is 5.23. The number of benzene rings is 1. The molecule has 1 amide bonds. The molecule has 1 aliphatic carbocycles. The van der Waals surface area contributed by atoms with Crippen LogP contribution in [0.2, 0.25) is 10.0 Å². The van der Waals surface area contributed by atoms with Gasteiger partial charge in [0.25, 0.3) is 5.91 Å². The molecule has 0 saturated carbocycles. The average molecular weight is 326 g/mol. The van der Waals surface area contributed by atoms with Gasteiger partial charge in [-0.3, -0.25) is 4.79 Å². The van der Waals surface area contributed by atoms with Crippen LogP contribution in [0.5, 0.6) is 0 Å². The van der Waals surface area contributed by atoms with Crippen molar-refractivity contribution in [2.45, 2.75) is 25.7 Å². The lowest BCUT2D eigenvalue weighted by atomic mass is 9.95. The fraction of sp³-hybridized carbons (Fsp3) is 0.267. The van der Waals surface area contributed by atoms with E-state index in [2.05, 4.69) is 5.32 Å². The normalized spacial score (nSPS) is 13.9. The van der Waals surface area contributed by atoms with Gasteiger partial charge in [0.1, 0.15) is 0 Å². The Hall–Kier alpha value is -1.03. The van der Waals surface area contributed by atoms with E-state index in [4.69, 9.17) is 23.2 Å². The summed E-state index contributed by atoms with van der Waals surface area (Å²) >= 11 is 13.7. The molecule has 1 aliphatic rings. The second-order valence-electron chi connectivity index (χ2n) is 4.81. The van der Waals surface area contributed by atoms with Gasteiger partial charge in [0.2, 0.25) is 0 Å². The number of halogens is 2. The summed E-state index contributed by atoms with van der Waals surface area (Å²) < 4.78 is 0. The van der Waals surface area contributed by atoms with E-state index < -0.39 is 0 Å². The second kappa shape index (κ2) is 5.76. The van der Waals surface area contributed by atoms with Crippen LogP contribution in [0.1, 0.15) is 33.6 Å². The molecule has 0 fully saturated rings. The number of thiophene rings is 1. The van der Waals surface area contributed by atoms with Crippen LogP contribution in [0.25, 0.3) is 0 Å². The van der Waals surface area contributed by atoms with Crippen molar-refractivity contribution in [3.63, 3.8) is 0 Å². The highest BCUT2D eigenvalue weighted by atomic mass is 35.5. The number of anilines is 1. The van der Waals surface area contributed by atoms with Gasteiger partial charge >= 0.3 is 0 Å². The number of nitrogens with one attached hydrogen (secondary N) is 1. The van der Waals surface area contributed by atoms with Gasteiger partial charge in [0.15, 0.2) is 0 Å². The first-order chi connectivity index (χ1) is 9.66. The fourth-order valence-electron chi connectivity index (χ4n) is 2.47. The number of aryl methyl sites for hydroxylation is 1. The van der Waals surface area contributed by atoms with E-state index in [1.807, 2.05) is 5.38 Å². The highest BCUT2D eigenvalue weighted by molar-refractivity contribution is 7.10. The summed E-state index contributed by atoms with van der Waals surface area (Å²) in [4.78, 5) is 13.8. The average Bonchev–Trinajstić information content (AvgIpc) is 2.88. The van der Waals surface area contributed by atoms with Crippen molar-refractivity contribution in [2.75, 3.05) is 5.32 Å². The minimum Gasteiger partial charge on any atom is -0.321 e. The van der Waals surface area contributed by atoms with Crippen LogP contribution in [0.15, 0.2) is 23.6 Å². The maximum atomic E-state index is 12.4. The monoisotopic (exact) mass is 325 g/mol. The third-order valence-electron chi connectivity index (χ3n) is 3.51. The third-order valence-corrected chi connectivity index (χ3v) is 5.41. The highest BCUT2D eigenvalue weighted by Gasteiger charge is 2.20. The number of rotatable bonds is 2. The van der Waals surface area contributed by atoms with E-state index >= 15 is 0 Å². The summed E-state index contributed by atoms with van der Waals surface area (Å²) in [5.41, 5.74) is 2.54. The molecule has 0 aliphatic heterocycles. The zero-order chi connectivity index (χ0) is 14.1. The van der Waals surface area contributed by atoms with Crippen molar-refractivity contribution in [3.05, 3.63) is 49.6 Å². The quantitative estimate of drug-likeness (QED) is 0.809. The lowest BCUT2D eigenvalue weighted by molar-refractivity contribution is 0.102. The molecule has 0 saturated heterocycles. The lowest BCUT2D eigenvalue weighted by Crippen LogP contribution is -2.14. The molecule has 0 atom stereocenters. The SMILES string of the molecule is O=C(Nc1cccc(Cl)c1Cl)c1csc2c1CCCC2. The van der Waals surface area contributed by atoms with E-state index in [1.165, 1.54) is 16.9 Å². The van der Waals surface area contributed by atoms with Crippen LogP contribution in [-0.4, -0.2) is 5.91 Å². The zero-order valence-electron chi connectivity index (χ0n) is 10.7. The maximum absolute atomic E-state index is 12.4. The number of hydrogen-bond acceptors (Lipinski definition) is 2. The minimum absolute atomic E-state index is 0.103. The van der Waals surface area contributed by atoms with Gasteiger partial charge in [0.05, 0.1) is 21.3 Å². The van der Waals surface area contributed by atoms with Crippen molar-refractivity contribution >= 4 is 46.1 Å². The number of amides is 1.